The molecule has 2 rings (SSSR count). The summed E-state index contributed by atoms with van der Waals surface area (Å²) in [5, 5.41) is 6.41. The first-order chi connectivity index (χ1) is 9.24. The van der Waals surface area contributed by atoms with Gasteiger partial charge in [-0.3, -0.25) is 0 Å². The summed E-state index contributed by atoms with van der Waals surface area (Å²) in [5.74, 6) is 0. The SMILES string of the molecule is CCNCc1cc2ccccc2nc1SC(C)CC. The van der Waals surface area contributed by atoms with Gasteiger partial charge < -0.3 is 5.32 Å². The maximum atomic E-state index is 4.84. The smallest absolute Gasteiger partial charge is 0.101 e. The molecule has 1 aromatic heterocycles. The molecule has 2 nitrogen and oxygen atoms in total. The van der Waals surface area contributed by atoms with E-state index in [4.69, 9.17) is 4.98 Å². The highest BCUT2D eigenvalue weighted by Crippen LogP contribution is 2.29. The van der Waals surface area contributed by atoms with Crippen molar-refractivity contribution in [3.8, 4) is 0 Å². The number of fused-ring (bicyclic) bond motifs is 1. The monoisotopic (exact) mass is 274 g/mol. The van der Waals surface area contributed by atoms with Crippen molar-refractivity contribution in [3.05, 3.63) is 35.9 Å². The number of para-hydroxylation sites is 1. The Balaban J connectivity index is 2.38. The van der Waals surface area contributed by atoms with E-state index in [-0.39, 0.29) is 0 Å². The first kappa shape index (κ1) is 14.4. The van der Waals surface area contributed by atoms with Gasteiger partial charge in [-0.25, -0.2) is 4.98 Å². The van der Waals surface area contributed by atoms with Crippen LogP contribution in [0.15, 0.2) is 35.4 Å². The molecule has 0 saturated carbocycles. The molecule has 0 aliphatic rings. The lowest BCUT2D eigenvalue weighted by atomic mass is 10.1. The van der Waals surface area contributed by atoms with Gasteiger partial charge in [0.15, 0.2) is 0 Å². The zero-order valence-corrected chi connectivity index (χ0v) is 12.8. The van der Waals surface area contributed by atoms with E-state index in [1.54, 1.807) is 0 Å². The van der Waals surface area contributed by atoms with Crippen LogP contribution in [0.3, 0.4) is 0 Å². The molecular weight excluding hydrogens is 252 g/mol. The van der Waals surface area contributed by atoms with Crippen molar-refractivity contribution in [2.24, 2.45) is 0 Å². The largest absolute Gasteiger partial charge is 0.313 e. The van der Waals surface area contributed by atoms with Crippen LogP contribution < -0.4 is 5.32 Å². The van der Waals surface area contributed by atoms with Gasteiger partial charge in [0, 0.05) is 17.2 Å². The quantitative estimate of drug-likeness (QED) is 0.798. The Bertz CT molecular complexity index is 539. The lowest BCUT2D eigenvalue weighted by Crippen LogP contribution is -2.13. The van der Waals surface area contributed by atoms with Gasteiger partial charge in [0.05, 0.1) is 5.52 Å². The number of nitrogens with zero attached hydrogens (tertiary/aromatic N) is 1. The second kappa shape index (κ2) is 6.92. The molecule has 0 radical (unpaired) electrons. The van der Waals surface area contributed by atoms with E-state index >= 15 is 0 Å². The molecule has 102 valence electrons. The number of aromatic nitrogens is 1. The Morgan fingerprint density at radius 1 is 1.26 bits per heavy atom. The van der Waals surface area contributed by atoms with Gasteiger partial charge >= 0.3 is 0 Å². The molecule has 2 aromatic rings. The Labute approximate surface area is 120 Å². The van der Waals surface area contributed by atoms with Crippen LogP contribution in [0, 0.1) is 0 Å². The third-order valence-electron chi connectivity index (χ3n) is 3.22. The van der Waals surface area contributed by atoms with E-state index in [1.807, 2.05) is 11.8 Å². The fraction of sp³-hybridized carbons (Fsp3) is 0.438. The van der Waals surface area contributed by atoms with Crippen molar-refractivity contribution in [2.75, 3.05) is 6.54 Å². The number of thioether (sulfide) groups is 1. The summed E-state index contributed by atoms with van der Waals surface area (Å²) < 4.78 is 0. The molecule has 0 aliphatic carbocycles. The summed E-state index contributed by atoms with van der Waals surface area (Å²) in [6.07, 6.45) is 1.17. The van der Waals surface area contributed by atoms with Crippen molar-refractivity contribution in [1.82, 2.24) is 10.3 Å². The van der Waals surface area contributed by atoms with Crippen LogP contribution >= 0.6 is 11.8 Å². The molecule has 1 heterocycles. The van der Waals surface area contributed by atoms with Crippen molar-refractivity contribution in [1.29, 1.82) is 0 Å². The predicted octanol–water partition coefficient (Wildman–Crippen LogP) is 4.23. The maximum Gasteiger partial charge on any atom is 0.101 e. The summed E-state index contributed by atoms with van der Waals surface area (Å²) >= 11 is 1.88. The first-order valence-electron chi connectivity index (χ1n) is 7.00. The molecule has 0 spiro atoms. The molecule has 0 saturated heterocycles. The Morgan fingerprint density at radius 3 is 2.79 bits per heavy atom. The molecular formula is C16H22N2S. The van der Waals surface area contributed by atoms with Crippen LogP contribution in [-0.2, 0) is 6.54 Å². The lowest BCUT2D eigenvalue weighted by molar-refractivity contribution is 0.712. The summed E-state index contributed by atoms with van der Waals surface area (Å²) in [6, 6.07) is 10.6. The summed E-state index contributed by atoms with van der Waals surface area (Å²) in [6.45, 7) is 8.50. The Hall–Kier alpha value is -1.06. The number of hydrogen-bond acceptors (Lipinski definition) is 3. The standard InChI is InChI=1S/C16H22N2S/c1-4-12(3)19-16-14(11-17-5-2)10-13-8-6-7-9-15(13)18-16/h6-10,12,17H,4-5,11H2,1-3H3. The minimum absolute atomic E-state index is 0.606. The highest BCUT2D eigenvalue weighted by molar-refractivity contribution is 7.99. The van der Waals surface area contributed by atoms with E-state index in [0.717, 1.165) is 18.6 Å². The van der Waals surface area contributed by atoms with Gasteiger partial charge in [0.25, 0.3) is 0 Å². The number of benzene rings is 1. The Morgan fingerprint density at radius 2 is 2.05 bits per heavy atom. The molecule has 1 aromatic carbocycles. The molecule has 0 bridgehead atoms. The van der Waals surface area contributed by atoms with Crippen LogP contribution in [0.2, 0.25) is 0 Å². The van der Waals surface area contributed by atoms with Crippen LogP contribution in [0.25, 0.3) is 10.9 Å². The lowest BCUT2D eigenvalue weighted by Gasteiger charge is -2.13. The van der Waals surface area contributed by atoms with Gasteiger partial charge in [-0.1, -0.05) is 39.0 Å². The molecule has 1 atom stereocenters. The van der Waals surface area contributed by atoms with Gasteiger partial charge in [-0.15, -0.1) is 11.8 Å². The summed E-state index contributed by atoms with van der Waals surface area (Å²) in [4.78, 5) is 4.84. The van der Waals surface area contributed by atoms with Crippen LogP contribution in [0.4, 0.5) is 0 Å². The zero-order valence-electron chi connectivity index (χ0n) is 11.9. The summed E-state index contributed by atoms with van der Waals surface area (Å²) in [7, 11) is 0. The van der Waals surface area contributed by atoms with Gasteiger partial charge in [0.1, 0.15) is 5.03 Å². The van der Waals surface area contributed by atoms with Gasteiger partial charge in [0.2, 0.25) is 0 Å². The first-order valence-corrected chi connectivity index (χ1v) is 7.88. The molecule has 1 N–H and O–H groups in total. The minimum Gasteiger partial charge on any atom is -0.313 e. The summed E-state index contributed by atoms with van der Waals surface area (Å²) in [5.41, 5.74) is 2.40. The van der Waals surface area contributed by atoms with Gasteiger partial charge in [-0.05, 0) is 30.7 Å². The fourth-order valence-electron chi connectivity index (χ4n) is 1.90. The number of rotatable bonds is 6. The van der Waals surface area contributed by atoms with Crippen molar-refractivity contribution >= 4 is 22.7 Å². The number of hydrogen-bond donors (Lipinski definition) is 1. The van der Waals surface area contributed by atoms with Crippen LogP contribution in [0.1, 0.15) is 32.8 Å². The Kier molecular flexibility index (Phi) is 5.23. The molecule has 0 fully saturated rings. The van der Waals surface area contributed by atoms with E-state index in [0.29, 0.717) is 5.25 Å². The third-order valence-corrected chi connectivity index (χ3v) is 4.53. The average molecular weight is 274 g/mol. The fourth-order valence-corrected chi connectivity index (χ4v) is 2.89. The van der Waals surface area contributed by atoms with Crippen LogP contribution in [-0.4, -0.2) is 16.8 Å². The van der Waals surface area contributed by atoms with E-state index in [2.05, 4.69) is 56.4 Å². The van der Waals surface area contributed by atoms with Crippen LogP contribution in [0.5, 0.6) is 0 Å². The molecule has 3 heteroatoms. The van der Waals surface area contributed by atoms with E-state index < -0.39 is 0 Å². The minimum atomic E-state index is 0.606. The molecule has 19 heavy (non-hydrogen) atoms. The molecule has 0 amide bonds. The van der Waals surface area contributed by atoms with Crippen molar-refractivity contribution in [3.63, 3.8) is 0 Å². The van der Waals surface area contributed by atoms with E-state index in [9.17, 15) is 0 Å². The zero-order chi connectivity index (χ0) is 13.7. The topological polar surface area (TPSA) is 24.9 Å². The van der Waals surface area contributed by atoms with Crippen molar-refractivity contribution in [2.45, 2.75) is 44.0 Å². The maximum absolute atomic E-state index is 4.84. The highest BCUT2D eigenvalue weighted by Gasteiger charge is 2.10. The predicted molar refractivity (Wildman–Crippen MR) is 84.7 cm³/mol. The van der Waals surface area contributed by atoms with Gasteiger partial charge in [-0.2, -0.15) is 0 Å². The average Bonchev–Trinajstić information content (AvgIpc) is 2.44. The third kappa shape index (κ3) is 3.71. The molecule has 0 aliphatic heterocycles. The number of nitrogens with one attached hydrogen (secondary N) is 1. The number of pyridine rings is 1. The molecule has 1 unspecified atom stereocenters. The van der Waals surface area contributed by atoms with Crippen molar-refractivity contribution < 1.29 is 0 Å². The normalized spacial score (nSPS) is 12.8. The van der Waals surface area contributed by atoms with E-state index in [1.165, 1.54) is 22.4 Å². The second-order valence-corrected chi connectivity index (χ2v) is 6.19. The highest BCUT2D eigenvalue weighted by atomic mass is 32.2. The second-order valence-electron chi connectivity index (χ2n) is 4.76.